The van der Waals surface area contributed by atoms with Crippen LogP contribution in [0.25, 0.3) is 11.4 Å². The molecule has 98 valence electrons. The maximum absolute atomic E-state index is 12.7. The summed E-state index contributed by atoms with van der Waals surface area (Å²) in [4.78, 5) is 18.4. The molecule has 0 atom stereocenters. The minimum atomic E-state index is -4.43. The average Bonchev–Trinajstić information content (AvgIpc) is 2.37. The van der Waals surface area contributed by atoms with E-state index in [0.29, 0.717) is 11.8 Å². The minimum absolute atomic E-state index is 0.0961. The lowest BCUT2D eigenvalue weighted by Gasteiger charge is -2.10. The highest BCUT2D eigenvalue weighted by atomic mass is 19.4. The molecule has 0 amide bonds. The number of carbonyl (C=O) groups is 1. The first-order valence-electron chi connectivity index (χ1n) is 5.37. The van der Waals surface area contributed by atoms with Gasteiger partial charge in [0.2, 0.25) is 0 Å². The number of carbonyl (C=O) groups excluding carboxylic acids is 1. The lowest BCUT2D eigenvalue weighted by Crippen LogP contribution is -2.06. The molecule has 19 heavy (non-hydrogen) atoms. The van der Waals surface area contributed by atoms with E-state index in [-0.39, 0.29) is 17.1 Å². The second kappa shape index (κ2) is 4.79. The van der Waals surface area contributed by atoms with Gasteiger partial charge in [-0.1, -0.05) is 0 Å². The maximum atomic E-state index is 12.7. The van der Waals surface area contributed by atoms with Gasteiger partial charge in [0.25, 0.3) is 0 Å². The van der Waals surface area contributed by atoms with Gasteiger partial charge >= 0.3 is 6.18 Å². The van der Waals surface area contributed by atoms with E-state index < -0.39 is 11.7 Å². The van der Waals surface area contributed by atoms with E-state index in [0.717, 1.165) is 12.1 Å². The summed E-state index contributed by atoms with van der Waals surface area (Å²) >= 11 is 0. The fraction of sp³-hybridized carbons (Fsp3) is 0.154. The highest BCUT2D eigenvalue weighted by Gasteiger charge is 2.31. The molecule has 0 aliphatic rings. The third kappa shape index (κ3) is 2.96. The first-order chi connectivity index (χ1) is 8.90. The van der Waals surface area contributed by atoms with Crippen LogP contribution in [0.2, 0.25) is 0 Å². The van der Waals surface area contributed by atoms with E-state index in [4.69, 9.17) is 0 Å². The van der Waals surface area contributed by atoms with E-state index in [1.165, 1.54) is 12.3 Å². The van der Waals surface area contributed by atoms with Crippen LogP contribution in [-0.4, -0.2) is 16.3 Å². The Morgan fingerprint density at radius 2 is 1.95 bits per heavy atom. The van der Waals surface area contributed by atoms with Crippen molar-refractivity contribution in [3.8, 4) is 11.4 Å². The maximum Gasteiger partial charge on any atom is 0.416 e. The molecular weight excluding hydrogens is 257 g/mol. The summed E-state index contributed by atoms with van der Waals surface area (Å²) in [5.41, 5.74) is 0.0450. The monoisotopic (exact) mass is 266 g/mol. The highest BCUT2D eigenvalue weighted by Crippen LogP contribution is 2.32. The summed E-state index contributed by atoms with van der Waals surface area (Å²) in [6, 6.07) is 4.94. The van der Waals surface area contributed by atoms with E-state index in [2.05, 4.69) is 9.97 Å². The van der Waals surface area contributed by atoms with Crippen LogP contribution in [0.1, 0.15) is 21.6 Å². The van der Waals surface area contributed by atoms with Crippen molar-refractivity contribution in [1.82, 2.24) is 9.97 Å². The number of halogens is 3. The van der Waals surface area contributed by atoms with E-state index in [9.17, 15) is 18.0 Å². The van der Waals surface area contributed by atoms with Crippen LogP contribution in [0.3, 0.4) is 0 Å². The van der Waals surface area contributed by atoms with Crippen LogP contribution in [0, 0.1) is 6.92 Å². The summed E-state index contributed by atoms with van der Waals surface area (Å²) in [7, 11) is 0. The summed E-state index contributed by atoms with van der Waals surface area (Å²) in [5.74, 6) is 0.0961. The van der Waals surface area contributed by atoms with Crippen LogP contribution >= 0.6 is 0 Å². The number of rotatable bonds is 2. The predicted molar refractivity (Wildman–Crippen MR) is 62.6 cm³/mol. The third-order valence-corrected chi connectivity index (χ3v) is 2.46. The molecular formula is C13H9F3N2O. The van der Waals surface area contributed by atoms with Gasteiger partial charge in [-0.25, -0.2) is 9.97 Å². The molecule has 1 heterocycles. The molecule has 0 radical (unpaired) electrons. The molecule has 1 aromatic carbocycles. The zero-order valence-corrected chi connectivity index (χ0v) is 9.90. The van der Waals surface area contributed by atoms with Gasteiger partial charge in [-0.15, -0.1) is 0 Å². The quantitative estimate of drug-likeness (QED) is 0.783. The van der Waals surface area contributed by atoms with Crippen molar-refractivity contribution in [2.75, 3.05) is 0 Å². The summed E-state index contributed by atoms with van der Waals surface area (Å²) < 4.78 is 38.1. The first kappa shape index (κ1) is 13.2. The summed E-state index contributed by atoms with van der Waals surface area (Å²) in [6.07, 6.45) is -2.57. The van der Waals surface area contributed by atoms with Gasteiger partial charge in [0.1, 0.15) is 5.69 Å². The number of benzene rings is 1. The molecule has 0 saturated heterocycles. The molecule has 0 aliphatic heterocycles. The summed E-state index contributed by atoms with van der Waals surface area (Å²) in [6.45, 7) is 1.56. The Labute approximate surface area is 107 Å². The SMILES string of the molecule is Cc1cc(-c2nccc(C=O)n2)cc(C(F)(F)F)c1. The smallest absolute Gasteiger partial charge is 0.296 e. The van der Waals surface area contributed by atoms with Crippen molar-refractivity contribution in [3.05, 3.63) is 47.3 Å². The topological polar surface area (TPSA) is 42.9 Å². The van der Waals surface area contributed by atoms with Crippen LogP contribution in [0.5, 0.6) is 0 Å². The van der Waals surface area contributed by atoms with Crippen molar-refractivity contribution < 1.29 is 18.0 Å². The molecule has 0 N–H and O–H groups in total. The van der Waals surface area contributed by atoms with Gasteiger partial charge in [-0.3, -0.25) is 4.79 Å². The van der Waals surface area contributed by atoms with Gasteiger partial charge < -0.3 is 0 Å². The number of hydrogen-bond acceptors (Lipinski definition) is 3. The fourth-order valence-electron chi connectivity index (χ4n) is 1.65. The third-order valence-electron chi connectivity index (χ3n) is 2.46. The Kier molecular flexibility index (Phi) is 3.33. The molecule has 2 aromatic rings. The van der Waals surface area contributed by atoms with Crippen molar-refractivity contribution in [2.24, 2.45) is 0 Å². The van der Waals surface area contributed by atoms with Gasteiger partial charge in [0.05, 0.1) is 5.56 Å². The van der Waals surface area contributed by atoms with Crippen molar-refractivity contribution >= 4 is 6.29 Å². The van der Waals surface area contributed by atoms with Gasteiger partial charge in [-0.05, 0) is 36.8 Å². The Hall–Kier alpha value is -2.24. The Morgan fingerprint density at radius 1 is 1.21 bits per heavy atom. The number of aldehydes is 1. The van der Waals surface area contributed by atoms with Gasteiger partial charge in [0.15, 0.2) is 12.1 Å². The Morgan fingerprint density at radius 3 is 2.58 bits per heavy atom. The van der Waals surface area contributed by atoms with Gasteiger partial charge in [-0.2, -0.15) is 13.2 Å². The van der Waals surface area contributed by atoms with Crippen molar-refractivity contribution in [1.29, 1.82) is 0 Å². The fourth-order valence-corrected chi connectivity index (χ4v) is 1.65. The van der Waals surface area contributed by atoms with E-state index in [1.807, 2.05) is 0 Å². The molecule has 0 aliphatic carbocycles. The Bertz CT molecular complexity index is 624. The standard InChI is InChI=1S/C13H9F3N2O/c1-8-4-9(6-10(5-8)13(14,15)16)12-17-3-2-11(7-19)18-12/h2-7H,1H3. The normalized spacial score (nSPS) is 11.4. The number of alkyl halides is 3. The van der Waals surface area contributed by atoms with E-state index in [1.54, 1.807) is 13.0 Å². The van der Waals surface area contributed by atoms with Crippen LogP contribution in [-0.2, 0) is 6.18 Å². The van der Waals surface area contributed by atoms with Crippen LogP contribution < -0.4 is 0 Å². The zero-order valence-electron chi connectivity index (χ0n) is 9.90. The summed E-state index contributed by atoms with van der Waals surface area (Å²) in [5, 5.41) is 0. The molecule has 0 saturated carbocycles. The lowest BCUT2D eigenvalue weighted by molar-refractivity contribution is -0.137. The number of aromatic nitrogens is 2. The number of aryl methyl sites for hydroxylation is 1. The molecule has 6 heteroatoms. The number of nitrogens with zero attached hydrogens (tertiary/aromatic N) is 2. The highest BCUT2D eigenvalue weighted by molar-refractivity contribution is 5.72. The predicted octanol–water partition coefficient (Wildman–Crippen LogP) is 3.28. The average molecular weight is 266 g/mol. The van der Waals surface area contributed by atoms with Crippen LogP contribution in [0.4, 0.5) is 13.2 Å². The molecule has 0 unspecified atom stereocenters. The second-order valence-corrected chi connectivity index (χ2v) is 4.01. The molecule has 1 aromatic heterocycles. The lowest BCUT2D eigenvalue weighted by atomic mass is 10.1. The van der Waals surface area contributed by atoms with Crippen molar-refractivity contribution in [2.45, 2.75) is 13.1 Å². The molecule has 3 nitrogen and oxygen atoms in total. The van der Waals surface area contributed by atoms with E-state index >= 15 is 0 Å². The largest absolute Gasteiger partial charge is 0.416 e. The first-order valence-corrected chi connectivity index (χ1v) is 5.37. The molecule has 2 rings (SSSR count). The minimum Gasteiger partial charge on any atom is -0.296 e. The molecule has 0 spiro atoms. The molecule has 0 bridgehead atoms. The zero-order chi connectivity index (χ0) is 14.0. The second-order valence-electron chi connectivity index (χ2n) is 4.01. The van der Waals surface area contributed by atoms with Gasteiger partial charge in [0, 0.05) is 11.8 Å². The molecule has 0 fully saturated rings. The van der Waals surface area contributed by atoms with Crippen LogP contribution in [0.15, 0.2) is 30.5 Å². The van der Waals surface area contributed by atoms with Crippen molar-refractivity contribution in [3.63, 3.8) is 0 Å². The number of hydrogen-bond donors (Lipinski definition) is 0. The Balaban J connectivity index is 2.55.